The zero-order chi connectivity index (χ0) is 18.4. The SMILES string of the molecule is COc1ccc(C(N)=O)c(OCC(=O)c2ccc(OC)c(OC)c2)c1. The van der Waals surface area contributed by atoms with E-state index in [0.717, 1.165) is 0 Å². The number of carbonyl (C=O) groups is 2. The van der Waals surface area contributed by atoms with Gasteiger partial charge in [-0.3, -0.25) is 9.59 Å². The first kappa shape index (κ1) is 18.1. The van der Waals surface area contributed by atoms with Crippen LogP contribution in [0.15, 0.2) is 36.4 Å². The molecule has 1 amide bonds. The van der Waals surface area contributed by atoms with Gasteiger partial charge in [0.25, 0.3) is 5.91 Å². The van der Waals surface area contributed by atoms with Crippen molar-refractivity contribution in [3.8, 4) is 23.0 Å². The molecule has 0 saturated carbocycles. The van der Waals surface area contributed by atoms with Crippen molar-refractivity contribution in [2.75, 3.05) is 27.9 Å². The van der Waals surface area contributed by atoms with E-state index in [4.69, 9.17) is 24.7 Å². The Labute approximate surface area is 145 Å². The second kappa shape index (κ2) is 8.05. The maximum Gasteiger partial charge on any atom is 0.252 e. The first-order valence-corrected chi connectivity index (χ1v) is 7.36. The molecule has 132 valence electrons. The van der Waals surface area contributed by atoms with Gasteiger partial charge in [0.05, 0.1) is 26.9 Å². The van der Waals surface area contributed by atoms with Crippen LogP contribution in [0.5, 0.6) is 23.0 Å². The zero-order valence-corrected chi connectivity index (χ0v) is 14.2. The highest BCUT2D eigenvalue weighted by atomic mass is 16.5. The van der Waals surface area contributed by atoms with Crippen molar-refractivity contribution in [1.29, 1.82) is 0 Å². The van der Waals surface area contributed by atoms with E-state index in [-0.39, 0.29) is 23.7 Å². The molecule has 0 aromatic heterocycles. The van der Waals surface area contributed by atoms with E-state index in [9.17, 15) is 9.59 Å². The molecule has 0 spiro atoms. The largest absolute Gasteiger partial charge is 0.497 e. The summed E-state index contributed by atoms with van der Waals surface area (Å²) in [6, 6.07) is 9.37. The van der Waals surface area contributed by atoms with Crippen molar-refractivity contribution in [2.45, 2.75) is 0 Å². The van der Waals surface area contributed by atoms with Crippen LogP contribution in [0.1, 0.15) is 20.7 Å². The van der Waals surface area contributed by atoms with Crippen molar-refractivity contribution in [2.24, 2.45) is 5.73 Å². The highest BCUT2D eigenvalue weighted by Crippen LogP contribution is 2.28. The Kier molecular flexibility index (Phi) is 5.84. The molecular weight excluding hydrogens is 326 g/mol. The minimum absolute atomic E-state index is 0.168. The molecule has 7 heteroatoms. The van der Waals surface area contributed by atoms with E-state index in [1.807, 2.05) is 0 Å². The van der Waals surface area contributed by atoms with Crippen molar-refractivity contribution in [1.82, 2.24) is 0 Å². The average molecular weight is 345 g/mol. The lowest BCUT2D eigenvalue weighted by Crippen LogP contribution is -2.16. The van der Waals surface area contributed by atoms with Crippen LogP contribution in [0.25, 0.3) is 0 Å². The number of primary amides is 1. The highest BCUT2D eigenvalue weighted by Gasteiger charge is 2.15. The Morgan fingerprint density at radius 3 is 2.20 bits per heavy atom. The molecule has 0 atom stereocenters. The van der Waals surface area contributed by atoms with Gasteiger partial charge in [-0.25, -0.2) is 0 Å². The zero-order valence-electron chi connectivity index (χ0n) is 14.2. The monoisotopic (exact) mass is 345 g/mol. The van der Waals surface area contributed by atoms with Crippen molar-refractivity contribution in [3.63, 3.8) is 0 Å². The van der Waals surface area contributed by atoms with Crippen LogP contribution in [0, 0.1) is 0 Å². The number of benzene rings is 2. The van der Waals surface area contributed by atoms with Gasteiger partial charge in [-0.2, -0.15) is 0 Å². The van der Waals surface area contributed by atoms with Crippen molar-refractivity contribution < 1.29 is 28.5 Å². The van der Waals surface area contributed by atoms with E-state index >= 15 is 0 Å². The van der Waals surface area contributed by atoms with Crippen LogP contribution < -0.4 is 24.7 Å². The van der Waals surface area contributed by atoms with E-state index in [2.05, 4.69) is 0 Å². The topological polar surface area (TPSA) is 97.1 Å². The summed E-state index contributed by atoms with van der Waals surface area (Å²) in [5.74, 6) is 0.672. The predicted octanol–water partition coefficient (Wildman–Crippen LogP) is 2.07. The van der Waals surface area contributed by atoms with Gasteiger partial charge in [-0.15, -0.1) is 0 Å². The predicted molar refractivity (Wildman–Crippen MR) is 90.9 cm³/mol. The number of nitrogens with two attached hydrogens (primary N) is 1. The smallest absolute Gasteiger partial charge is 0.252 e. The molecule has 0 heterocycles. The summed E-state index contributed by atoms with van der Waals surface area (Å²) < 4.78 is 20.9. The second-order valence-corrected chi connectivity index (χ2v) is 5.01. The van der Waals surface area contributed by atoms with Crippen LogP contribution in [-0.4, -0.2) is 39.6 Å². The van der Waals surface area contributed by atoms with Gasteiger partial charge in [0, 0.05) is 11.6 Å². The summed E-state index contributed by atoms with van der Waals surface area (Å²) in [5, 5.41) is 0. The van der Waals surface area contributed by atoms with Crippen LogP contribution in [0.2, 0.25) is 0 Å². The molecule has 7 nitrogen and oxygen atoms in total. The van der Waals surface area contributed by atoms with Gasteiger partial charge in [-0.1, -0.05) is 0 Å². The fourth-order valence-electron chi connectivity index (χ4n) is 2.19. The standard InChI is InChI=1S/C18H19NO6/c1-22-12-5-6-13(18(19)21)16(9-12)25-10-14(20)11-4-7-15(23-2)17(8-11)24-3/h4-9H,10H2,1-3H3,(H2,19,21). The number of hydrogen-bond acceptors (Lipinski definition) is 6. The van der Waals surface area contributed by atoms with Crippen LogP contribution >= 0.6 is 0 Å². The van der Waals surface area contributed by atoms with E-state index in [0.29, 0.717) is 22.8 Å². The van der Waals surface area contributed by atoms with Crippen LogP contribution in [-0.2, 0) is 0 Å². The first-order valence-electron chi connectivity index (χ1n) is 7.36. The van der Waals surface area contributed by atoms with Crippen LogP contribution in [0.4, 0.5) is 0 Å². The Morgan fingerprint density at radius 2 is 1.60 bits per heavy atom. The minimum atomic E-state index is -0.656. The van der Waals surface area contributed by atoms with E-state index in [1.165, 1.54) is 33.5 Å². The first-order chi connectivity index (χ1) is 12.0. The molecule has 0 aliphatic carbocycles. The van der Waals surface area contributed by atoms with Crippen molar-refractivity contribution in [3.05, 3.63) is 47.5 Å². The summed E-state index contributed by atoms with van der Waals surface area (Å²) in [4.78, 5) is 23.8. The maximum atomic E-state index is 12.4. The number of ether oxygens (including phenoxy) is 4. The Morgan fingerprint density at radius 1 is 0.880 bits per heavy atom. The molecule has 2 N–H and O–H groups in total. The molecule has 0 bridgehead atoms. The summed E-state index contributed by atoms with van der Waals surface area (Å²) in [6.07, 6.45) is 0. The molecule has 0 aliphatic heterocycles. The fourth-order valence-corrected chi connectivity index (χ4v) is 2.19. The molecule has 2 rings (SSSR count). The number of ketones is 1. The van der Waals surface area contributed by atoms with Gasteiger partial charge < -0.3 is 24.7 Å². The number of methoxy groups -OCH3 is 3. The highest BCUT2D eigenvalue weighted by molar-refractivity contribution is 5.98. The van der Waals surface area contributed by atoms with Crippen LogP contribution in [0.3, 0.4) is 0 Å². The van der Waals surface area contributed by atoms with Gasteiger partial charge in [0.15, 0.2) is 23.9 Å². The third kappa shape index (κ3) is 4.20. The third-order valence-corrected chi connectivity index (χ3v) is 3.52. The quantitative estimate of drug-likeness (QED) is 0.736. The number of Topliss-reactive ketones (excluding diaryl/α,β-unsaturated/α-hetero) is 1. The molecule has 2 aromatic rings. The molecule has 0 fully saturated rings. The van der Waals surface area contributed by atoms with Crippen molar-refractivity contribution >= 4 is 11.7 Å². The Hall–Kier alpha value is -3.22. The van der Waals surface area contributed by atoms with Gasteiger partial charge in [0.1, 0.15) is 11.5 Å². The molecule has 0 aliphatic rings. The number of carbonyl (C=O) groups excluding carboxylic acids is 2. The number of hydrogen-bond donors (Lipinski definition) is 1. The van der Waals surface area contributed by atoms with Gasteiger partial charge >= 0.3 is 0 Å². The number of rotatable bonds is 8. The fraction of sp³-hybridized carbons (Fsp3) is 0.222. The lowest BCUT2D eigenvalue weighted by molar-refractivity contribution is 0.0911. The molecule has 25 heavy (non-hydrogen) atoms. The molecule has 0 radical (unpaired) electrons. The summed E-state index contributed by atoms with van der Waals surface area (Å²) in [6.45, 7) is -0.275. The number of amides is 1. The Bertz CT molecular complexity index is 787. The van der Waals surface area contributed by atoms with Gasteiger partial charge in [0.2, 0.25) is 0 Å². The Balaban J connectivity index is 2.18. The third-order valence-electron chi connectivity index (χ3n) is 3.52. The minimum Gasteiger partial charge on any atom is -0.497 e. The lowest BCUT2D eigenvalue weighted by atomic mass is 10.1. The van der Waals surface area contributed by atoms with E-state index < -0.39 is 5.91 Å². The summed E-state index contributed by atoms with van der Waals surface area (Å²) in [7, 11) is 4.48. The summed E-state index contributed by atoms with van der Waals surface area (Å²) in [5.41, 5.74) is 5.88. The maximum absolute atomic E-state index is 12.4. The molecule has 2 aromatic carbocycles. The molecular formula is C18H19NO6. The average Bonchev–Trinajstić information content (AvgIpc) is 2.64. The summed E-state index contributed by atoms with van der Waals surface area (Å²) >= 11 is 0. The molecule has 0 saturated heterocycles. The van der Waals surface area contributed by atoms with Gasteiger partial charge in [-0.05, 0) is 30.3 Å². The van der Waals surface area contributed by atoms with E-state index in [1.54, 1.807) is 24.3 Å². The lowest BCUT2D eigenvalue weighted by Gasteiger charge is -2.12. The second-order valence-electron chi connectivity index (χ2n) is 5.01. The normalized spacial score (nSPS) is 10.0. The molecule has 0 unspecified atom stereocenters.